The molecule has 3 aromatic rings. The number of phenols is 1. The van der Waals surface area contributed by atoms with Gasteiger partial charge in [-0.2, -0.15) is 0 Å². The summed E-state index contributed by atoms with van der Waals surface area (Å²) >= 11 is 0. The molecule has 1 amide bonds. The molecule has 0 saturated heterocycles. The average molecular weight is 374 g/mol. The standard InChI is InChI=1S/C23H22N2O3/c1-15(26)18-12-19(14-22(27)13-18)23(28)25-21-9-5-17(6-10-21)11-16-3-7-20(24-2)8-4-16/h3-10,12-14,24,27H,11H2,1-2H3,(H,25,28). The van der Waals surface area contributed by atoms with Crippen LogP contribution in [0.1, 0.15) is 38.8 Å². The summed E-state index contributed by atoms with van der Waals surface area (Å²) in [5.41, 5.74) is 4.58. The van der Waals surface area contributed by atoms with Gasteiger partial charge < -0.3 is 15.7 Å². The zero-order valence-electron chi connectivity index (χ0n) is 15.8. The highest BCUT2D eigenvalue weighted by atomic mass is 16.3. The number of benzene rings is 3. The summed E-state index contributed by atoms with van der Waals surface area (Å²) in [6.45, 7) is 1.39. The van der Waals surface area contributed by atoms with Crippen molar-refractivity contribution in [1.82, 2.24) is 0 Å². The molecule has 0 radical (unpaired) electrons. The molecule has 3 aromatic carbocycles. The van der Waals surface area contributed by atoms with E-state index < -0.39 is 0 Å². The van der Waals surface area contributed by atoms with Gasteiger partial charge >= 0.3 is 0 Å². The smallest absolute Gasteiger partial charge is 0.255 e. The summed E-state index contributed by atoms with van der Waals surface area (Å²) in [7, 11) is 1.89. The molecule has 3 rings (SSSR count). The number of carbonyl (C=O) groups is 2. The number of ketones is 1. The Hall–Kier alpha value is -3.60. The molecule has 0 atom stereocenters. The topological polar surface area (TPSA) is 78.4 Å². The van der Waals surface area contributed by atoms with Gasteiger partial charge in [0.05, 0.1) is 0 Å². The highest BCUT2D eigenvalue weighted by molar-refractivity contribution is 6.06. The zero-order valence-corrected chi connectivity index (χ0v) is 15.8. The van der Waals surface area contributed by atoms with Gasteiger partial charge in [0.25, 0.3) is 5.91 Å². The maximum atomic E-state index is 12.4. The van der Waals surface area contributed by atoms with Crippen molar-refractivity contribution in [3.8, 4) is 5.75 Å². The van der Waals surface area contributed by atoms with Crippen LogP contribution >= 0.6 is 0 Å². The monoisotopic (exact) mass is 374 g/mol. The van der Waals surface area contributed by atoms with Crippen LogP contribution < -0.4 is 10.6 Å². The number of amides is 1. The number of nitrogens with one attached hydrogen (secondary N) is 2. The fraction of sp³-hybridized carbons (Fsp3) is 0.130. The molecule has 0 unspecified atom stereocenters. The number of hydrogen-bond donors (Lipinski definition) is 3. The Bertz CT molecular complexity index is 993. The van der Waals surface area contributed by atoms with Gasteiger partial charge in [0.1, 0.15) is 5.75 Å². The molecule has 0 saturated carbocycles. The Kier molecular flexibility index (Phi) is 5.75. The van der Waals surface area contributed by atoms with Crippen LogP contribution in [0.2, 0.25) is 0 Å². The van der Waals surface area contributed by atoms with Crippen LogP contribution in [-0.2, 0) is 6.42 Å². The summed E-state index contributed by atoms with van der Waals surface area (Å²) in [6, 6.07) is 20.0. The summed E-state index contributed by atoms with van der Waals surface area (Å²) in [5.74, 6) is -0.705. The third-order valence-electron chi connectivity index (χ3n) is 4.45. The SMILES string of the molecule is CNc1ccc(Cc2ccc(NC(=O)c3cc(O)cc(C(C)=O)c3)cc2)cc1. The average Bonchev–Trinajstić information content (AvgIpc) is 2.69. The molecule has 142 valence electrons. The van der Waals surface area contributed by atoms with Crippen LogP contribution in [0.5, 0.6) is 5.75 Å². The van der Waals surface area contributed by atoms with E-state index in [4.69, 9.17) is 0 Å². The summed E-state index contributed by atoms with van der Waals surface area (Å²) in [5, 5.41) is 15.6. The number of phenolic OH excluding ortho intramolecular Hbond substituents is 1. The largest absolute Gasteiger partial charge is 0.508 e. The Morgan fingerprint density at radius 1 is 0.821 bits per heavy atom. The van der Waals surface area contributed by atoms with Crippen LogP contribution in [-0.4, -0.2) is 23.8 Å². The molecule has 0 aromatic heterocycles. The predicted octanol–water partition coefficient (Wildman–Crippen LogP) is 4.48. The van der Waals surface area contributed by atoms with Crippen molar-refractivity contribution in [3.63, 3.8) is 0 Å². The molecule has 5 nitrogen and oxygen atoms in total. The van der Waals surface area contributed by atoms with Crippen molar-refractivity contribution in [2.45, 2.75) is 13.3 Å². The molecule has 0 bridgehead atoms. The van der Waals surface area contributed by atoms with Crippen LogP contribution in [0.15, 0.2) is 66.7 Å². The fourth-order valence-electron chi connectivity index (χ4n) is 2.88. The van der Waals surface area contributed by atoms with E-state index in [0.29, 0.717) is 11.3 Å². The lowest BCUT2D eigenvalue weighted by molar-refractivity contribution is 0.101. The number of Topliss-reactive ketones (excluding diaryl/α,β-unsaturated/α-hetero) is 1. The van der Waals surface area contributed by atoms with Crippen molar-refractivity contribution < 1.29 is 14.7 Å². The van der Waals surface area contributed by atoms with E-state index in [2.05, 4.69) is 22.8 Å². The van der Waals surface area contributed by atoms with Gasteiger partial charge in [0.2, 0.25) is 0 Å². The van der Waals surface area contributed by atoms with E-state index in [1.807, 2.05) is 43.4 Å². The zero-order chi connectivity index (χ0) is 20.1. The minimum Gasteiger partial charge on any atom is -0.508 e. The Labute approximate surface area is 164 Å². The molecule has 3 N–H and O–H groups in total. The molecule has 0 fully saturated rings. The first-order valence-electron chi connectivity index (χ1n) is 8.96. The fourth-order valence-corrected chi connectivity index (χ4v) is 2.88. The van der Waals surface area contributed by atoms with Gasteiger partial charge in [0, 0.05) is 29.5 Å². The number of hydrogen-bond acceptors (Lipinski definition) is 4. The Balaban J connectivity index is 1.68. The van der Waals surface area contributed by atoms with E-state index in [0.717, 1.165) is 17.7 Å². The van der Waals surface area contributed by atoms with Crippen molar-refractivity contribution in [3.05, 3.63) is 89.0 Å². The van der Waals surface area contributed by atoms with E-state index in [9.17, 15) is 14.7 Å². The van der Waals surface area contributed by atoms with Gasteiger partial charge in [-0.3, -0.25) is 9.59 Å². The quantitative estimate of drug-likeness (QED) is 0.556. The summed E-state index contributed by atoms with van der Waals surface area (Å²) < 4.78 is 0. The van der Waals surface area contributed by atoms with E-state index >= 15 is 0 Å². The van der Waals surface area contributed by atoms with E-state index in [1.165, 1.54) is 30.7 Å². The number of carbonyl (C=O) groups excluding carboxylic acids is 2. The van der Waals surface area contributed by atoms with Gasteiger partial charge in [0.15, 0.2) is 5.78 Å². The van der Waals surface area contributed by atoms with E-state index in [1.54, 1.807) is 0 Å². The van der Waals surface area contributed by atoms with Gasteiger partial charge in [-0.05, 0) is 66.9 Å². The number of anilines is 2. The molecule has 28 heavy (non-hydrogen) atoms. The molecular weight excluding hydrogens is 352 g/mol. The van der Waals surface area contributed by atoms with Gasteiger partial charge in [-0.15, -0.1) is 0 Å². The summed E-state index contributed by atoms with van der Waals surface area (Å²) in [4.78, 5) is 23.9. The first-order chi connectivity index (χ1) is 13.4. The maximum absolute atomic E-state index is 12.4. The van der Waals surface area contributed by atoms with Crippen molar-refractivity contribution in [1.29, 1.82) is 0 Å². The third kappa shape index (κ3) is 4.76. The number of rotatable bonds is 6. The second-order valence-corrected chi connectivity index (χ2v) is 6.60. The lowest BCUT2D eigenvalue weighted by Crippen LogP contribution is -2.12. The Morgan fingerprint density at radius 2 is 1.36 bits per heavy atom. The minimum atomic E-state index is -0.381. The maximum Gasteiger partial charge on any atom is 0.255 e. The first-order valence-corrected chi connectivity index (χ1v) is 8.96. The second-order valence-electron chi connectivity index (χ2n) is 6.60. The molecule has 0 aliphatic heterocycles. The van der Waals surface area contributed by atoms with Gasteiger partial charge in [-0.25, -0.2) is 0 Å². The highest BCUT2D eigenvalue weighted by Crippen LogP contribution is 2.19. The minimum absolute atomic E-state index is 0.113. The normalized spacial score (nSPS) is 10.4. The van der Waals surface area contributed by atoms with Crippen molar-refractivity contribution >= 4 is 23.1 Å². The van der Waals surface area contributed by atoms with Crippen molar-refractivity contribution in [2.75, 3.05) is 17.7 Å². The first kappa shape index (κ1) is 19.2. The third-order valence-corrected chi connectivity index (χ3v) is 4.45. The molecule has 0 aliphatic rings. The van der Waals surface area contributed by atoms with Crippen LogP contribution in [0.25, 0.3) is 0 Å². The molecule has 5 heteroatoms. The lowest BCUT2D eigenvalue weighted by atomic mass is 10.0. The molecule has 0 aliphatic carbocycles. The van der Waals surface area contributed by atoms with Crippen LogP contribution in [0.4, 0.5) is 11.4 Å². The Morgan fingerprint density at radius 3 is 1.89 bits per heavy atom. The van der Waals surface area contributed by atoms with Crippen LogP contribution in [0.3, 0.4) is 0 Å². The molecule has 0 spiro atoms. The number of aromatic hydroxyl groups is 1. The highest BCUT2D eigenvalue weighted by Gasteiger charge is 2.11. The van der Waals surface area contributed by atoms with E-state index in [-0.39, 0.29) is 23.0 Å². The second kappa shape index (κ2) is 8.39. The van der Waals surface area contributed by atoms with Gasteiger partial charge in [-0.1, -0.05) is 24.3 Å². The predicted molar refractivity (Wildman–Crippen MR) is 111 cm³/mol. The molecule has 0 heterocycles. The van der Waals surface area contributed by atoms with Crippen molar-refractivity contribution in [2.24, 2.45) is 0 Å². The van der Waals surface area contributed by atoms with Crippen LogP contribution in [0, 0.1) is 0 Å². The molecular formula is C23H22N2O3. The summed E-state index contributed by atoms with van der Waals surface area (Å²) in [6.07, 6.45) is 0.798. The lowest BCUT2D eigenvalue weighted by Gasteiger charge is -2.09.